The Morgan fingerprint density at radius 3 is 2.08 bits per heavy atom. The summed E-state index contributed by atoms with van der Waals surface area (Å²) in [6.07, 6.45) is 25.1. The molecule has 0 saturated carbocycles. The lowest BCUT2D eigenvalue weighted by atomic mass is 10.0. The molecular weight excluding hydrogens is 304 g/mol. The highest BCUT2D eigenvalue weighted by atomic mass is 15.1. The Morgan fingerprint density at radius 2 is 1.40 bits per heavy atom. The van der Waals surface area contributed by atoms with Crippen molar-refractivity contribution in [3.63, 3.8) is 0 Å². The summed E-state index contributed by atoms with van der Waals surface area (Å²) in [7, 11) is 0. The maximum absolute atomic E-state index is 3.46. The number of aromatic nitrogens is 2. The van der Waals surface area contributed by atoms with E-state index in [2.05, 4.69) is 42.7 Å². The van der Waals surface area contributed by atoms with E-state index in [1.54, 1.807) is 0 Å². The molecule has 1 N–H and O–H groups in total. The van der Waals surface area contributed by atoms with Crippen LogP contribution in [-0.2, 0) is 13.0 Å². The first kappa shape index (κ1) is 22.3. The van der Waals surface area contributed by atoms with Gasteiger partial charge in [0, 0.05) is 6.42 Å². The van der Waals surface area contributed by atoms with Gasteiger partial charge in [-0.25, -0.2) is 9.55 Å². The zero-order chi connectivity index (χ0) is 18.2. The molecule has 0 amide bonds. The van der Waals surface area contributed by atoms with Gasteiger partial charge < -0.3 is 0 Å². The Bertz CT molecular complexity index is 395. The molecule has 146 valence electrons. The minimum atomic E-state index is 0.879. The number of imidazole rings is 1. The Balaban J connectivity index is 1.99. The van der Waals surface area contributed by atoms with Gasteiger partial charge in [-0.15, -0.1) is 0 Å². The molecule has 25 heavy (non-hydrogen) atoms. The average molecular weight is 350 g/mol. The largest absolute Gasteiger partial charge is 0.254 e. The van der Waals surface area contributed by atoms with Crippen molar-refractivity contribution in [3.8, 4) is 0 Å². The van der Waals surface area contributed by atoms with E-state index in [0.717, 1.165) is 5.92 Å². The SMILES string of the molecule is CCCCCCCC[n+]1cc[nH]c1CCCCCCCCCC(C)C. The molecule has 0 aromatic carbocycles. The molecular formula is C23H45N2+. The van der Waals surface area contributed by atoms with Crippen molar-refractivity contribution in [1.29, 1.82) is 0 Å². The molecule has 0 atom stereocenters. The first-order valence-electron chi connectivity index (χ1n) is 11.3. The standard InChI is InChI=1S/C23H44N2/c1-4-5-6-7-13-16-20-25-21-19-24-23(25)18-15-12-10-8-9-11-14-17-22(2)3/h19,21-22H,4-18,20H2,1-3H3/p+1. The van der Waals surface area contributed by atoms with Crippen LogP contribution in [0.5, 0.6) is 0 Å². The first-order chi connectivity index (χ1) is 12.2. The molecule has 2 nitrogen and oxygen atoms in total. The maximum Gasteiger partial charge on any atom is 0.254 e. The molecule has 1 aromatic rings. The number of hydrogen-bond donors (Lipinski definition) is 1. The molecule has 1 rings (SSSR count). The van der Waals surface area contributed by atoms with E-state index in [1.807, 2.05) is 0 Å². The number of nitrogens with zero attached hydrogens (tertiary/aromatic N) is 1. The first-order valence-corrected chi connectivity index (χ1v) is 11.3. The third kappa shape index (κ3) is 12.2. The predicted molar refractivity (Wildman–Crippen MR) is 110 cm³/mol. The number of H-pyrrole nitrogens is 1. The highest BCUT2D eigenvalue weighted by molar-refractivity contribution is 4.77. The quantitative estimate of drug-likeness (QED) is 0.231. The summed E-state index contributed by atoms with van der Waals surface area (Å²) < 4.78 is 2.45. The Morgan fingerprint density at radius 1 is 0.800 bits per heavy atom. The molecule has 0 spiro atoms. The van der Waals surface area contributed by atoms with Crippen LogP contribution in [0.2, 0.25) is 0 Å². The Kier molecular flexibility index (Phi) is 13.8. The van der Waals surface area contributed by atoms with Gasteiger partial charge in [-0.3, -0.25) is 0 Å². The van der Waals surface area contributed by atoms with E-state index in [1.165, 1.54) is 109 Å². The van der Waals surface area contributed by atoms with E-state index in [4.69, 9.17) is 0 Å². The molecule has 0 fully saturated rings. The summed E-state index contributed by atoms with van der Waals surface area (Å²) >= 11 is 0. The Labute approximate surface area is 157 Å². The number of aryl methyl sites for hydroxylation is 2. The normalized spacial score (nSPS) is 11.5. The van der Waals surface area contributed by atoms with E-state index >= 15 is 0 Å². The van der Waals surface area contributed by atoms with Gasteiger partial charge >= 0.3 is 0 Å². The van der Waals surface area contributed by atoms with Crippen molar-refractivity contribution in [1.82, 2.24) is 4.98 Å². The van der Waals surface area contributed by atoms with Crippen LogP contribution in [0.1, 0.15) is 116 Å². The number of nitrogens with one attached hydrogen (secondary N) is 1. The third-order valence-electron chi connectivity index (χ3n) is 5.30. The van der Waals surface area contributed by atoms with Crippen molar-refractivity contribution >= 4 is 0 Å². The van der Waals surface area contributed by atoms with Crippen LogP contribution in [0.15, 0.2) is 12.4 Å². The summed E-state index contributed by atoms with van der Waals surface area (Å²) in [5, 5.41) is 0. The summed E-state index contributed by atoms with van der Waals surface area (Å²) in [6, 6.07) is 0. The second-order valence-corrected chi connectivity index (χ2v) is 8.28. The number of hydrogen-bond acceptors (Lipinski definition) is 0. The molecule has 0 aliphatic carbocycles. The van der Waals surface area contributed by atoms with E-state index in [0.29, 0.717) is 0 Å². The molecule has 0 saturated heterocycles. The van der Waals surface area contributed by atoms with Gasteiger partial charge in [0.05, 0.1) is 6.54 Å². The second kappa shape index (κ2) is 15.5. The fraction of sp³-hybridized carbons (Fsp3) is 0.870. The monoisotopic (exact) mass is 349 g/mol. The third-order valence-corrected chi connectivity index (χ3v) is 5.30. The second-order valence-electron chi connectivity index (χ2n) is 8.28. The van der Waals surface area contributed by atoms with E-state index in [-0.39, 0.29) is 0 Å². The molecule has 1 heterocycles. The average Bonchev–Trinajstić information content (AvgIpc) is 3.03. The summed E-state index contributed by atoms with van der Waals surface area (Å²) in [6.45, 7) is 8.15. The lowest BCUT2D eigenvalue weighted by Gasteiger charge is -2.04. The number of rotatable bonds is 17. The molecule has 0 aliphatic rings. The van der Waals surface area contributed by atoms with Crippen molar-refractivity contribution in [2.24, 2.45) is 5.92 Å². The molecule has 0 aliphatic heterocycles. The Hall–Kier alpha value is -0.790. The molecule has 1 aromatic heterocycles. The van der Waals surface area contributed by atoms with Gasteiger partial charge in [0.15, 0.2) is 0 Å². The van der Waals surface area contributed by atoms with Crippen LogP contribution >= 0.6 is 0 Å². The van der Waals surface area contributed by atoms with Crippen molar-refractivity contribution in [3.05, 3.63) is 18.2 Å². The highest BCUT2D eigenvalue weighted by Crippen LogP contribution is 2.12. The lowest BCUT2D eigenvalue weighted by molar-refractivity contribution is -0.703. The van der Waals surface area contributed by atoms with Crippen molar-refractivity contribution in [2.45, 2.75) is 124 Å². The van der Waals surface area contributed by atoms with Gasteiger partial charge in [-0.1, -0.05) is 91.4 Å². The van der Waals surface area contributed by atoms with Crippen molar-refractivity contribution < 1.29 is 4.57 Å². The molecule has 0 radical (unpaired) electrons. The van der Waals surface area contributed by atoms with Crippen molar-refractivity contribution in [2.75, 3.05) is 0 Å². The van der Waals surface area contributed by atoms with E-state index < -0.39 is 0 Å². The summed E-state index contributed by atoms with van der Waals surface area (Å²) in [5.74, 6) is 2.31. The van der Waals surface area contributed by atoms with Crippen LogP contribution in [-0.4, -0.2) is 4.98 Å². The zero-order valence-electron chi connectivity index (χ0n) is 17.5. The fourth-order valence-corrected chi connectivity index (χ4v) is 3.61. The van der Waals surface area contributed by atoms with Gasteiger partial charge in [-0.05, 0) is 25.2 Å². The topological polar surface area (TPSA) is 19.7 Å². The smallest absolute Gasteiger partial charge is 0.248 e. The zero-order valence-corrected chi connectivity index (χ0v) is 17.5. The minimum Gasteiger partial charge on any atom is -0.248 e. The lowest BCUT2D eigenvalue weighted by Crippen LogP contribution is -2.36. The van der Waals surface area contributed by atoms with Gasteiger partial charge in [-0.2, -0.15) is 0 Å². The molecule has 0 bridgehead atoms. The van der Waals surface area contributed by atoms with Crippen LogP contribution in [0.25, 0.3) is 0 Å². The van der Waals surface area contributed by atoms with Crippen LogP contribution in [0.3, 0.4) is 0 Å². The van der Waals surface area contributed by atoms with Crippen LogP contribution in [0.4, 0.5) is 0 Å². The van der Waals surface area contributed by atoms with Gasteiger partial charge in [0.2, 0.25) is 0 Å². The maximum atomic E-state index is 3.46. The molecule has 0 unspecified atom stereocenters. The van der Waals surface area contributed by atoms with Crippen LogP contribution < -0.4 is 4.57 Å². The van der Waals surface area contributed by atoms with Gasteiger partial charge in [0.25, 0.3) is 5.82 Å². The number of unbranched alkanes of at least 4 members (excludes halogenated alkanes) is 11. The fourth-order valence-electron chi connectivity index (χ4n) is 3.61. The minimum absolute atomic E-state index is 0.879. The predicted octanol–water partition coefficient (Wildman–Crippen LogP) is 6.98. The summed E-state index contributed by atoms with van der Waals surface area (Å²) in [4.78, 5) is 3.46. The molecule has 2 heteroatoms. The van der Waals surface area contributed by atoms with Crippen LogP contribution in [0, 0.1) is 5.92 Å². The van der Waals surface area contributed by atoms with E-state index in [9.17, 15) is 0 Å². The summed E-state index contributed by atoms with van der Waals surface area (Å²) in [5.41, 5.74) is 0. The number of aromatic amines is 1. The van der Waals surface area contributed by atoms with Gasteiger partial charge in [0.1, 0.15) is 12.4 Å². The highest BCUT2D eigenvalue weighted by Gasteiger charge is 2.09.